The summed E-state index contributed by atoms with van der Waals surface area (Å²) in [5.74, 6) is -0.0332. The van der Waals surface area contributed by atoms with Crippen LogP contribution in [0.25, 0.3) is 0 Å². The van der Waals surface area contributed by atoms with Crippen LogP contribution >= 0.6 is 23.2 Å². The zero-order valence-electron chi connectivity index (χ0n) is 12.9. The van der Waals surface area contributed by atoms with Crippen molar-refractivity contribution in [1.82, 2.24) is 20.3 Å². The molecule has 0 aliphatic carbocycles. The third-order valence-corrected chi connectivity index (χ3v) is 3.96. The molecule has 2 heterocycles. The summed E-state index contributed by atoms with van der Waals surface area (Å²) in [6.07, 6.45) is 3.17. The number of carbonyl (C=O) groups is 1. The third-order valence-electron chi connectivity index (χ3n) is 3.22. The van der Waals surface area contributed by atoms with Gasteiger partial charge in [-0.1, -0.05) is 29.3 Å². The molecule has 0 atom stereocenters. The van der Waals surface area contributed by atoms with Crippen LogP contribution in [0.3, 0.4) is 0 Å². The van der Waals surface area contributed by atoms with Crippen LogP contribution in [-0.2, 0) is 6.54 Å². The lowest BCUT2D eigenvalue weighted by molar-refractivity contribution is 0.0945. The van der Waals surface area contributed by atoms with Gasteiger partial charge in [-0.05, 0) is 36.4 Å². The second-order valence-electron chi connectivity index (χ2n) is 5.02. The van der Waals surface area contributed by atoms with Crippen molar-refractivity contribution < 1.29 is 4.79 Å². The first-order valence-corrected chi connectivity index (χ1v) is 8.10. The van der Waals surface area contributed by atoms with Crippen molar-refractivity contribution in [2.75, 3.05) is 5.32 Å². The lowest BCUT2D eigenvalue weighted by Crippen LogP contribution is -2.24. The quantitative estimate of drug-likeness (QED) is 0.709. The number of carbonyl (C=O) groups excluding carboxylic acids is 1. The number of rotatable bonds is 5. The third kappa shape index (κ3) is 4.65. The first kappa shape index (κ1) is 17.1. The lowest BCUT2D eigenvalue weighted by atomic mass is 10.3. The highest BCUT2D eigenvalue weighted by atomic mass is 35.5. The first-order valence-electron chi connectivity index (χ1n) is 7.35. The topological polar surface area (TPSA) is 79.8 Å². The number of hydrogen-bond acceptors (Lipinski definition) is 5. The molecule has 25 heavy (non-hydrogen) atoms. The van der Waals surface area contributed by atoms with Crippen LogP contribution in [0, 0.1) is 0 Å². The molecule has 2 N–H and O–H groups in total. The summed E-state index contributed by atoms with van der Waals surface area (Å²) in [6, 6.07) is 12.1. The molecule has 3 aromatic rings. The van der Waals surface area contributed by atoms with Crippen LogP contribution in [0.4, 0.5) is 11.6 Å². The van der Waals surface area contributed by atoms with E-state index in [1.807, 2.05) is 18.2 Å². The van der Waals surface area contributed by atoms with Crippen molar-refractivity contribution in [3.8, 4) is 0 Å². The SMILES string of the molecule is O=C(NCc1ccccn1)c1ccnc(Nc2ccc(Cl)c(Cl)c2)n1. The molecule has 1 aromatic carbocycles. The van der Waals surface area contributed by atoms with E-state index in [9.17, 15) is 4.79 Å². The minimum absolute atomic E-state index is 0.244. The molecule has 0 aliphatic heterocycles. The second-order valence-corrected chi connectivity index (χ2v) is 5.84. The molecule has 3 rings (SSSR count). The number of benzene rings is 1. The molecule has 6 nitrogen and oxygen atoms in total. The molecule has 0 aliphatic rings. The first-order chi connectivity index (χ1) is 12.1. The van der Waals surface area contributed by atoms with Crippen LogP contribution in [0.15, 0.2) is 54.9 Å². The molecule has 126 valence electrons. The maximum atomic E-state index is 12.2. The number of pyridine rings is 1. The molecule has 0 saturated carbocycles. The Morgan fingerprint density at radius 2 is 1.88 bits per heavy atom. The largest absolute Gasteiger partial charge is 0.345 e. The monoisotopic (exact) mass is 373 g/mol. The molecule has 0 unspecified atom stereocenters. The Bertz CT molecular complexity index is 889. The van der Waals surface area contributed by atoms with Gasteiger partial charge in [0.1, 0.15) is 5.69 Å². The van der Waals surface area contributed by atoms with Crippen LogP contribution in [0.1, 0.15) is 16.2 Å². The Kier molecular flexibility index (Phi) is 5.42. The van der Waals surface area contributed by atoms with Crippen LogP contribution in [0.5, 0.6) is 0 Å². The van der Waals surface area contributed by atoms with E-state index in [0.717, 1.165) is 5.69 Å². The molecular weight excluding hydrogens is 361 g/mol. The molecule has 8 heteroatoms. The van der Waals surface area contributed by atoms with E-state index < -0.39 is 0 Å². The van der Waals surface area contributed by atoms with E-state index in [2.05, 4.69) is 25.6 Å². The summed E-state index contributed by atoms with van der Waals surface area (Å²) < 4.78 is 0. The lowest BCUT2D eigenvalue weighted by Gasteiger charge is -2.08. The summed E-state index contributed by atoms with van der Waals surface area (Å²) in [5, 5.41) is 6.62. The average Bonchev–Trinajstić information content (AvgIpc) is 2.64. The smallest absolute Gasteiger partial charge is 0.270 e. The van der Waals surface area contributed by atoms with E-state index in [1.165, 1.54) is 12.3 Å². The van der Waals surface area contributed by atoms with Crippen molar-refractivity contribution in [1.29, 1.82) is 0 Å². The van der Waals surface area contributed by atoms with Gasteiger partial charge >= 0.3 is 0 Å². The van der Waals surface area contributed by atoms with Gasteiger partial charge in [0.15, 0.2) is 0 Å². The highest BCUT2D eigenvalue weighted by Gasteiger charge is 2.09. The van der Waals surface area contributed by atoms with Gasteiger partial charge in [0, 0.05) is 18.1 Å². The van der Waals surface area contributed by atoms with Gasteiger partial charge in [-0.25, -0.2) is 9.97 Å². The van der Waals surface area contributed by atoms with Gasteiger partial charge in [-0.2, -0.15) is 0 Å². The standard InChI is InChI=1S/C17H13Cl2N5O/c18-13-5-4-11(9-14(13)19)23-17-21-8-6-15(24-17)16(25)22-10-12-3-1-2-7-20-12/h1-9H,10H2,(H,22,25)(H,21,23,24). The van der Waals surface area contributed by atoms with Gasteiger partial charge in [-0.15, -0.1) is 0 Å². The van der Waals surface area contributed by atoms with Crippen molar-refractivity contribution in [2.45, 2.75) is 6.54 Å². The fourth-order valence-corrected chi connectivity index (χ4v) is 2.31. The number of nitrogens with zero attached hydrogens (tertiary/aromatic N) is 3. The molecule has 1 amide bonds. The van der Waals surface area contributed by atoms with Gasteiger partial charge in [0.25, 0.3) is 5.91 Å². The van der Waals surface area contributed by atoms with E-state index in [0.29, 0.717) is 22.3 Å². The molecule has 0 radical (unpaired) electrons. The minimum atomic E-state index is -0.315. The second kappa shape index (κ2) is 7.92. The van der Waals surface area contributed by atoms with E-state index in [4.69, 9.17) is 23.2 Å². The van der Waals surface area contributed by atoms with Crippen molar-refractivity contribution >= 4 is 40.7 Å². The van der Waals surface area contributed by atoms with E-state index in [-0.39, 0.29) is 17.5 Å². The minimum Gasteiger partial charge on any atom is -0.345 e. The zero-order chi connectivity index (χ0) is 17.6. The molecule has 0 fully saturated rings. The molecule has 2 aromatic heterocycles. The molecule has 0 saturated heterocycles. The number of anilines is 2. The number of aromatic nitrogens is 3. The number of hydrogen-bond donors (Lipinski definition) is 2. The maximum Gasteiger partial charge on any atom is 0.270 e. The average molecular weight is 374 g/mol. The van der Waals surface area contributed by atoms with Gasteiger partial charge in [-0.3, -0.25) is 9.78 Å². The van der Waals surface area contributed by atoms with Gasteiger partial charge in [0.2, 0.25) is 5.95 Å². The number of nitrogens with one attached hydrogen (secondary N) is 2. The van der Waals surface area contributed by atoms with Crippen molar-refractivity contribution in [3.63, 3.8) is 0 Å². The number of halogens is 2. The fourth-order valence-electron chi connectivity index (χ4n) is 2.01. The molecule has 0 bridgehead atoms. The fraction of sp³-hybridized carbons (Fsp3) is 0.0588. The van der Waals surface area contributed by atoms with Crippen molar-refractivity contribution in [3.05, 3.63) is 76.3 Å². The molecule has 0 spiro atoms. The van der Waals surface area contributed by atoms with E-state index >= 15 is 0 Å². The van der Waals surface area contributed by atoms with E-state index in [1.54, 1.807) is 24.4 Å². The predicted molar refractivity (Wildman–Crippen MR) is 97.2 cm³/mol. The highest BCUT2D eigenvalue weighted by molar-refractivity contribution is 6.42. The summed E-state index contributed by atoms with van der Waals surface area (Å²) >= 11 is 11.9. The van der Waals surface area contributed by atoms with Gasteiger partial charge < -0.3 is 10.6 Å². The Hall–Kier alpha value is -2.70. The Morgan fingerprint density at radius 1 is 1.00 bits per heavy atom. The van der Waals surface area contributed by atoms with Gasteiger partial charge in [0.05, 0.1) is 22.3 Å². The van der Waals surface area contributed by atoms with Crippen molar-refractivity contribution in [2.24, 2.45) is 0 Å². The molecular formula is C17H13Cl2N5O. The summed E-state index contributed by atoms with van der Waals surface area (Å²) in [6.45, 7) is 0.319. The predicted octanol–water partition coefficient (Wildman–Crippen LogP) is 3.85. The summed E-state index contributed by atoms with van der Waals surface area (Å²) in [5.41, 5.74) is 1.67. The Morgan fingerprint density at radius 3 is 2.64 bits per heavy atom. The maximum absolute atomic E-state index is 12.2. The Balaban J connectivity index is 1.68. The Labute approximate surface area is 154 Å². The zero-order valence-corrected chi connectivity index (χ0v) is 14.4. The summed E-state index contributed by atoms with van der Waals surface area (Å²) in [7, 11) is 0. The van der Waals surface area contributed by atoms with Crippen LogP contribution in [-0.4, -0.2) is 20.9 Å². The van der Waals surface area contributed by atoms with Crippen LogP contribution in [0.2, 0.25) is 10.0 Å². The van der Waals surface area contributed by atoms with Crippen LogP contribution < -0.4 is 10.6 Å². The summed E-state index contributed by atoms with van der Waals surface area (Å²) in [4.78, 5) is 24.7. The highest BCUT2D eigenvalue weighted by Crippen LogP contribution is 2.26. The normalized spacial score (nSPS) is 10.3. The number of amides is 1.